The van der Waals surface area contributed by atoms with E-state index in [0.717, 1.165) is 19.5 Å². The second kappa shape index (κ2) is 10.2. The minimum Gasteiger partial charge on any atom is -0.508 e. The highest BCUT2D eigenvalue weighted by atomic mass is 35.5. The third kappa shape index (κ3) is 5.58. The Balaban J connectivity index is 1.72. The molecule has 0 bridgehead atoms. The predicted molar refractivity (Wildman–Crippen MR) is 135 cm³/mol. The van der Waals surface area contributed by atoms with Crippen LogP contribution in [0.5, 0.6) is 23.0 Å². The lowest BCUT2D eigenvalue weighted by Gasteiger charge is -2.18. The number of sulfonamides is 1. The first-order valence-corrected chi connectivity index (χ1v) is 12.8. The third-order valence-corrected chi connectivity index (χ3v) is 7.49. The van der Waals surface area contributed by atoms with Gasteiger partial charge in [0.15, 0.2) is 11.5 Å². The normalized spacial score (nSPS) is 16.2. The minimum atomic E-state index is -4.10. The maximum Gasteiger partial charge on any atom is 0.262 e. The van der Waals surface area contributed by atoms with Crippen molar-refractivity contribution in [3.05, 3.63) is 59.6 Å². The molecule has 2 N–H and O–H groups in total. The lowest BCUT2D eigenvalue weighted by Crippen LogP contribution is -2.21. The van der Waals surface area contributed by atoms with Crippen LogP contribution >= 0.6 is 11.6 Å². The Morgan fingerprint density at radius 1 is 1.03 bits per heavy atom. The number of methoxy groups -OCH3 is 2. The highest BCUT2D eigenvalue weighted by molar-refractivity contribution is 7.92. The summed E-state index contributed by atoms with van der Waals surface area (Å²) < 4.78 is 46.5. The molecule has 1 aliphatic heterocycles. The predicted octanol–water partition coefficient (Wildman–Crippen LogP) is 4.61. The van der Waals surface area contributed by atoms with Gasteiger partial charge in [-0.15, -0.1) is 0 Å². The van der Waals surface area contributed by atoms with E-state index in [9.17, 15) is 13.5 Å². The average Bonchev–Trinajstić information content (AvgIpc) is 3.24. The van der Waals surface area contributed by atoms with E-state index in [2.05, 4.69) is 9.62 Å². The molecule has 1 aliphatic rings. The number of phenols is 1. The molecular formula is C25H27ClN2O6S. The maximum atomic E-state index is 13.6. The standard InChI is InChI=1S/C25H27ClN2O6S/c1-28-10-9-19(15-28)34-22-12-17(7-8-21(22)26)27-35(30,31)25-14-24(33-3)23(32-2)13-20(25)16-5-4-6-18(29)11-16/h4-8,11-14,19,27,29H,9-10,15H2,1-3H3/t19-/m1/s1. The zero-order valence-electron chi connectivity index (χ0n) is 19.6. The van der Waals surface area contributed by atoms with Gasteiger partial charge in [-0.25, -0.2) is 8.42 Å². The average molecular weight is 519 g/mol. The van der Waals surface area contributed by atoms with E-state index in [1.165, 1.54) is 32.4 Å². The van der Waals surface area contributed by atoms with Crippen LogP contribution < -0.4 is 18.9 Å². The van der Waals surface area contributed by atoms with Crippen LogP contribution in [0.4, 0.5) is 5.69 Å². The van der Waals surface area contributed by atoms with Gasteiger partial charge in [-0.1, -0.05) is 23.7 Å². The number of rotatable bonds is 8. The van der Waals surface area contributed by atoms with Crippen LogP contribution in [-0.2, 0) is 10.0 Å². The molecule has 10 heteroatoms. The van der Waals surface area contributed by atoms with E-state index in [0.29, 0.717) is 33.3 Å². The fourth-order valence-corrected chi connectivity index (χ4v) is 5.46. The van der Waals surface area contributed by atoms with Gasteiger partial charge in [0.2, 0.25) is 0 Å². The van der Waals surface area contributed by atoms with Crippen molar-refractivity contribution in [3.63, 3.8) is 0 Å². The van der Waals surface area contributed by atoms with Gasteiger partial charge in [0.1, 0.15) is 17.6 Å². The summed E-state index contributed by atoms with van der Waals surface area (Å²) in [6.45, 7) is 1.69. The summed E-state index contributed by atoms with van der Waals surface area (Å²) in [6.07, 6.45) is 0.842. The summed E-state index contributed by atoms with van der Waals surface area (Å²) in [6, 6.07) is 14.0. The molecule has 0 spiro atoms. The van der Waals surface area contributed by atoms with Crippen molar-refractivity contribution in [2.24, 2.45) is 0 Å². The first kappa shape index (κ1) is 25.0. The van der Waals surface area contributed by atoms with Crippen molar-refractivity contribution < 1.29 is 27.7 Å². The van der Waals surface area contributed by atoms with E-state index in [1.54, 1.807) is 36.4 Å². The number of ether oxygens (including phenoxy) is 3. The molecule has 1 atom stereocenters. The van der Waals surface area contributed by atoms with Gasteiger partial charge in [-0.2, -0.15) is 0 Å². The SMILES string of the molecule is COc1cc(-c2cccc(O)c2)c(S(=O)(=O)Nc2ccc(Cl)c(O[C@@H]3CCN(C)C3)c2)cc1OC. The van der Waals surface area contributed by atoms with Crippen LogP contribution in [0.25, 0.3) is 11.1 Å². The summed E-state index contributed by atoms with van der Waals surface area (Å²) in [5, 5.41) is 10.4. The monoisotopic (exact) mass is 518 g/mol. The molecule has 3 aromatic rings. The molecule has 3 aromatic carbocycles. The molecule has 1 saturated heterocycles. The number of nitrogens with zero attached hydrogens (tertiary/aromatic N) is 1. The number of hydrogen-bond acceptors (Lipinski definition) is 7. The van der Waals surface area contributed by atoms with E-state index >= 15 is 0 Å². The fourth-order valence-electron chi connectivity index (χ4n) is 4.02. The highest BCUT2D eigenvalue weighted by Crippen LogP contribution is 2.40. The summed E-state index contributed by atoms with van der Waals surface area (Å²) in [4.78, 5) is 2.11. The lowest BCUT2D eigenvalue weighted by molar-refractivity contribution is 0.208. The Morgan fingerprint density at radius 3 is 2.43 bits per heavy atom. The molecule has 4 rings (SSSR count). The molecule has 0 amide bonds. The molecule has 0 aliphatic carbocycles. The van der Waals surface area contributed by atoms with Crippen molar-refractivity contribution in [3.8, 4) is 34.1 Å². The zero-order chi connectivity index (χ0) is 25.2. The van der Waals surface area contributed by atoms with Crippen molar-refractivity contribution >= 4 is 27.3 Å². The van der Waals surface area contributed by atoms with Crippen LogP contribution in [0.1, 0.15) is 6.42 Å². The summed E-state index contributed by atoms with van der Waals surface area (Å²) in [5.74, 6) is 1.02. The maximum absolute atomic E-state index is 13.6. The first-order chi connectivity index (χ1) is 16.7. The Hall–Kier alpha value is -3.14. The van der Waals surface area contributed by atoms with Crippen LogP contribution in [-0.4, -0.2) is 58.9 Å². The van der Waals surface area contributed by atoms with E-state index < -0.39 is 10.0 Å². The number of anilines is 1. The van der Waals surface area contributed by atoms with Gasteiger partial charge < -0.3 is 24.2 Å². The highest BCUT2D eigenvalue weighted by Gasteiger charge is 2.25. The van der Waals surface area contributed by atoms with E-state index in [4.69, 9.17) is 25.8 Å². The van der Waals surface area contributed by atoms with E-state index in [1.807, 2.05) is 7.05 Å². The third-order valence-electron chi connectivity index (χ3n) is 5.76. The van der Waals surface area contributed by atoms with Crippen LogP contribution in [0, 0.1) is 0 Å². The van der Waals surface area contributed by atoms with Gasteiger partial charge in [0.05, 0.1) is 29.8 Å². The molecule has 0 unspecified atom stereocenters. The van der Waals surface area contributed by atoms with Crippen molar-refractivity contribution in [1.82, 2.24) is 4.90 Å². The van der Waals surface area contributed by atoms with Gasteiger partial charge in [-0.3, -0.25) is 4.72 Å². The molecule has 0 saturated carbocycles. The number of halogens is 1. The van der Waals surface area contributed by atoms with Gasteiger partial charge in [-0.05, 0) is 49.4 Å². The number of likely N-dealkylation sites (tertiary alicyclic amines) is 1. The number of aromatic hydroxyl groups is 1. The molecule has 0 radical (unpaired) electrons. The Morgan fingerprint density at radius 2 is 1.77 bits per heavy atom. The Kier molecular flexibility index (Phi) is 7.30. The second-order valence-electron chi connectivity index (χ2n) is 8.30. The van der Waals surface area contributed by atoms with Crippen LogP contribution in [0.15, 0.2) is 59.5 Å². The molecule has 35 heavy (non-hydrogen) atoms. The van der Waals surface area contributed by atoms with Gasteiger partial charge >= 0.3 is 0 Å². The Bertz CT molecular complexity index is 1330. The molecule has 186 valence electrons. The molecule has 0 aromatic heterocycles. The summed E-state index contributed by atoms with van der Waals surface area (Å²) in [5.41, 5.74) is 1.13. The fraction of sp³-hybridized carbons (Fsp3) is 0.280. The van der Waals surface area contributed by atoms with Gasteiger partial charge in [0, 0.05) is 30.8 Å². The molecule has 1 fully saturated rings. The van der Waals surface area contributed by atoms with Crippen molar-refractivity contribution in [2.45, 2.75) is 17.4 Å². The summed E-state index contributed by atoms with van der Waals surface area (Å²) in [7, 11) is 0.810. The number of phenolic OH excluding ortho intramolecular Hbond substituents is 1. The number of nitrogens with one attached hydrogen (secondary N) is 1. The first-order valence-electron chi connectivity index (χ1n) is 10.9. The molecule has 1 heterocycles. The molecule has 8 nitrogen and oxygen atoms in total. The quantitative estimate of drug-likeness (QED) is 0.449. The smallest absolute Gasteiger partial charge is 0.262 e. The van der Waals surface area contributed by atoms with Crippen molar-refractivity contribution in [2.75, 3.05) is 39.1 Å². The summed E-state index contributed by atoms with van der Waals surface area (Å²) >= 11 is 6.32. The number of benzene rings is 3. The van der Waals surface area contributed by atoms with E-state index in [-0.39, 0.29) is 22.5 Å². The number of hydrogen-bond donors (Lipinski definition) is 2. The largest absolute Gasteiger partial charge is 0.508 e. The van der Waals surface area contributed by atoms with Crippen molar-refractivity contribution in [1.29, 1.82) is 0 Å². The molecular weight excluding hydrogens is 492 g/mol. The zero-order valence-corrected chi connectivity index (χ0v) is 21.2. The van der Waals surface area contributed by atoms with Gasteiger partial charge in [0.25, 0.3) is 10.0 Å². The lowest BCUT2D eigenvalue weighted by atomic mass is 10.0. The number of likely N-dealkylation sites (N-methyl/N-ethyl adjacent to an activating group) is 1. The second-order valence-corrected chi connectivity index (χ2v) is 10.4. The van der Waals surface area contributed by atoms with Crippen LogP contribution in [0.2, 0.25) is 5.02 Å². The topological polar surface area (TPSA) is 97.3 Å². The van der Waals surface area contributed by atoms with Crippen LogP contribution in [0.3, 0.4) is 0 Å². The minimum absolute atomic E-state index is 0.00522. The Labute approximate surface area is 210 Å².